The molecule has 7 rings (SSSR count). The van der Waals surface area contributed by atoms with Crippen LogP contribution in [-0.4, -0.2) is 11.8 Å². The van der Waals surface area contributed by atoms with Gasteiger partial charge >= 0.3 is 0 Å². The van der Waals surface area contributed by atoms with Gasteiger partial charge in [-0.1, -0.05) is 71.3 Å². The molecule has 1 aliphatic heterocycles. The molecule has 2 amide bonds. The first-order valence-corrected chi connectivity index (χ1v) is 11.2. The molecule has 2 aromatic rings. The van der Waals surface area contributed by atoms with Gasteiger partial charge in [0.05, 0.1) is 17.5 Å². The van der Waals surface area contributed by atoms with E-state index in [1.54, 1.807) is 11.1 Å². The summed E-state index contributed by atoms with van der Waals surface area (Å²) in [4.78, 5) is 28.8. The quantitative estimate of drug-likeness (QED) is 0.415. The molecule has 6 atom stereocenters. The number of hydrogen-bond donors (Lipinski definition) is 0. The molecule has 5 aliphatic rings. The van der Waals surface area contributed by atoms with Crippen molar-refractivity contribution in [2.24, 2.45) is 35.5 Å². The van der Waals surface area contributed by atoms with Crippen molar-refractivity contribution in [3.05, 3.63) is 82.9 Å². The van der Waals surface area contributed by atoms with Crippen LogP contribution in [0.4, 0.5) is 5.69 Å². The maximum Gasteiger partial charge on any atom is 0.238 e. The Hall–Kier alpha value is -2.94. The number of benzene rings is 2. The van der Waals surface area contributed by atoms with E-state index in [1.807, 2.05) is 36.4 Å². The van der Waals surface area contributed by atoms with Crippen molar-refractivity contribution in [1.82, 2.24) is 0 Å². The molecule has 4 aliphatic carbocycles. The van der Waals surface area contributed by atoms with Crippen LogP contribution >= 0.6 is 0 Å². The minimum absolute atomic E-state index is 0.0111. The second-order valence-electron chi connectivity index (χ2n) is 9.53. The normalized spacial score (nSPS) is 36.9. The topological polar surface area (TPSA) is 37.4 Å². The standard InChI is InChI=1S/C27H23NO2/c29-26-24-22-19(13-15-7-3-1-4-8-15)23(21-17-12-11-16(14-17)20(21)22)25(24)27(30)28(26)18-9-5-2-6-10-18/h1-10,13,16-17,22-25H,11-12,14H2/t16-,17-,22-,23-,24-,25+/m0/s1. The first-order valence-electron chi connectivity index (χ1n) is 11.2. The monoisotopic (exact) mass is 393 g/mol. The molecular formula is C27H23NO2. The highest BCUT2D eigenvalue weighted by Gasteiger charge is 2.69. The van der Waals surface area contributed by atoms with Gasteiger partial charge < -0.3 is 0 Å². The number of hydrogen-bond acceptors (Lipinski definition) is 2. The number of fused-ring (bicyclic) bond motifs is 11. The summed E-state index contributed by atoms with van der Waals surface area (Å²) in [6, 6.07) is 19.9. The second-order valence-corrected chi connectivity index (χ2v) is 9.53. The van der Waals surface area contributed by atoms with E-state index in [9.17, 15) is 9.59 Å². The Morgan fingerprint density at radius 1 is 0.733 bits per heavy atom. The average molecular weight is 393 g/mol. The highest BCUT2D eigenvalue weighted by Crippen LogP contribution is 2.70. The summed E-state index contributed by atoms with van der Waals surface area (Å²) in [6.07, 6.45) is 6.06. The Balaban J connectivity index is 1.37. The Kier molecular flexibility index (Phi) is 3.26. The zero-order valence-corrected chi connectivity index (χ0v) is 16.7. The molecule has 0 aromatic heterocycles. The van der Waals surface area contributed by atoms with Gasteiger partial charge in [-0.25, -0.2) is 4.90 Å². The number of rotatable bonds is 2. The van der Waals surface area contributed by atoms with Crippen LogP contribution in [0.25, 0.3) is 6.08 Å². The maximum atomic E-state index is 13.6. The van der Waals surface area contributed by atoms with Crippen molar-refractivity contribution in [2.45, 2.75) is 19.3 Å². The van der Waals surface area contributed by atoms with Gasteiger partial charge in [0.2, 0.25) is 11.8 Å². The van der Waals surface area contributed by atoms with Gasteiger partial charge in [0, 0.05) is 11.8 Å². The van der Waals surface area contributed by atoms with Crippen LogP contribution in [0.15, 0.2) is 77.4 Å². The van der Waals surface area contributed by atoms with Crippen molar-refractivity contribution >= 4 is 23.6 Å². The van der Waals surface area contributed by atoms with E-state index in [4.69, 9.17) is 0 Å². The number of anilines is 1. The van der Waals surface area contributed by atoms with Gasteiger partial charge in [0.1, 0.15) is 0 Å². The predicted octanol–water partition coefficient (Wildman–Crippen LogP) is 4.86. The number of amides is 2. The van der Waals surface area contributed by atoms with Gasteiger partial charge in [-0.3, -0.25) is 9.59 Å². The lowest BCUT2D eigenvalue weighted by atomic mass is 9.72. The van der Waals surface area contributed by atoms with Crippen molar-refractivity contribution in [1.29, 1.82) is 0 Å². The number of para-hydroxylation sites is 1. The van der Waals surface area contributed by atoms with Crippen molar-refractivity contribution < 1.29 is 9.59 Å². The molecule has 0 radical (unpaired) electrons. The highest BCUT2D eigenvalue weighted by molar-refractivity contribution is 6.23. The average Bonchev–Trinajstić information content (AvgIpc) is 3.56. The third-order valence-corrected chi connectivity index (χ3v) is 8.30. The largest absolute Gasteiger partial charge is 0.274 e. The van der Waals surface area contributed by atoms with E-state index in [0.29, 0.717) is 11.8 Å². The summed E-state index contributed by atoms with van der Waals surface area (Å²) in [5.74, 6) is 1.13. The molecule has 1 heterocycles. The smallest absolute Gasteiger partial charge is 0.238 e. The molecule has 0 unspecified atom stereocenters. The molecule has 148 valence electrons. The lowest BCUT2D eigenvalue weighted by molar-refractivity contribution is -0.123. The molecule has 30 heavy (non-hydrogen) atoms. The van der Waals surface area contributed by atoms with Crippen LogP contribution in [0, 0.1) is 35.5 Å². The fourth-order valence-electron chi connectivity index (χ4n) is 7.41. The number of nitrogens with zero attached hydrogens (tertiary/aromatic N) is 1. The molecule has 2 saturated carbocycles. The second kappa shape index (κ2) is 5.81. The minimum Gasteiger partial charge on any atom is -0.274 e. The van der Waals surface area contributed by atoms with Crippen LogP contribution in [0.3, 0.4) is 0 Å². The van der Waals surface area contributed by atoms with Gasteiger partial charge in [-0.15, -0.1) is 0 Å². The molecule has 3 nitrogen and oxygen atoms in total. The SMILES string of the molecule is O=C1[C@@H]2[C@H]3C(=Cc4ccccc4)[C@@H](C4=C3[C@H]3CC[C@H]4C3)[C@@H]2C(=O)N1c1ccccc1. The zero-order valence-electron chi connectivity index (χ0n) is 16.7. The fraction of sp³-hybridized carbons (Fsp3) is 0.333. The molecular weight excluding hydrogens is 370 g/mol. The Labute approximate surface area is 176 Å². The lowest BCUT2D eigenvalue weighted by Crippen LogP contribution is -2.33. The number of carbonyl (C=O) groups is 2. The van der Waals surface area contributed by atoms with Crippen LogP contribution in [0.2, 0.25) is 0 Å². The Morgan fingerprint density at radius 3 is 1.83 bits per heavy atom. The predicted molar refractivity (Wildman–Crippen MR) is 115 cm³/mol. The van der Waals surface area contributed by atoms with E-state index in [1.165, 1.54) is 35.3 Å². The molecule has 3 fully saturated rings. The van der Waals surface area contributed by atoms with Crippen LogP contribution in [-0.2, 0) is 9.59 Å². The zero-order chi connectivity index (χ0) is 20.0. The number of imide groups is 1. The van der Waals surface area contributed by atoms with E-state index >= 15 is 0 Å². The minimum atomic E-state index is -0.212. The van der Waals surface area contributed by atoms with E-state index < -0.39 is 0 Å². The van der Waals surface area contributed by atoms with E-state index in [2.05, 4.69) is 30.3 Å². The van der Waals surface area contributed by atoms with Gasteiger partial charge in [0.15, 0.2) is 0 Å². The van der Waals surface area contributed by atoms with Crippen LogP contribution in [0.5, 0.6) is 0 Å². The van der Waals surface area contributed by atoms with Gasteiger partial charge in [-0.2, -0.15) is 0 Å². The number of carbonyl (C=O) groups excluding carboxylic acids is 2. The molecule has 0 N–H and O–H groups in total. The summed E-state index contributed by atoms with van der Waals surface area (Å²) in [7, 11) is 0. The summed E-state index contributed by atoms with van der Waals surface area (Å²) < 4.78 is 0. The van der Waals surface area contributed by atoms with Crippen molar-refractivity contribution in [3.63, 3.8) is 0 Å². The van der Waals surface area contributed by atoms with Crippen molar-refractivity contribution in [3.8, 4) is 0 Å². The van der Waals surface area contributed by atoms with E-state index in [-0.39, 0.29) is 35.5 Å². The molecule has 4 bridgehead atoms. The summed E-state index contributed by atoms with van der Waals surface area (Å²) >= 11 is 0. The van der Waals surface area contributed by atoms with Crippen molar-refractivity contribution in [2.75, 3.05) is 4.90 Å². The maximum absolute atomic E-state index is 13.6. The Bertz CT molecular complexity index is 1100. The third kappa shape index (κ3) is 1.96. The van der Waals surface area contributed by atoms with Crippen LogP contribution < -0.4 is 4.90 Å². The third-order valence-electron chi connectivity index (χ3n) is 8.30. The molecule has 2 aromatic carbocycles. The van der Waals surface area contributed by atoms with Crippen LogP contribution in [0.1, 0.15) is 24.8 Å². The first-order chi connectivity index (χ1) is 14.7. The summed E-state index contributed by atoms with van der Waals surface area (Å²) in [5, 5.41) is 0. The molecule has 0 spiro atoms. The molecule has 1 saturated heterocycles. The first kappa shape index (κ1) is 16.8. The van der Waals surface area contributed by atoms with Gasteiger partial charge in [0.25, 0.3) is 0 Å². The number of allylic oxidation sites excluding steroid dienone is 3. The highest BCUT2D eigenvalue weighted by atomic mass is 16.2. The Morgan fingerprint density at radius 2 is 1.27 bits per heavy atom. The summed E-state index contributed by atoms with van der Waals surface area (Å²) in [6.45, 7) is 0. The summed E-state index contributed by atoms with van der Waals surface area (Å²) in [5.41, 5.74) is 6.34. The molecule has 3 heteroatoms. The van der Waals surface area contributed by atoms with E-state index in [0.717, 1.165) is 5.69 Å². The fourth-order valence-corrected chi connectivity index (χ4v) is 7.41. The lowest BCUT2D eigenvalue weighted by Gasteiger charge is -2.28. The van der Waals surface area contributed by atoms with Gasteiger partial charge in [-0.05, 0) is 48.8 Å².